The van der Waals surface area contributed by atoms with Crippen LogP contribution < -0.4 is 4.31 Å². The van der Waals surface area contributed by atoms with E-state index in [0.717, 1.165) is 16.7 Å². The van der Waals surface area contributed by atoms with Crippen molar-refractivity contribution in [2.45, 2.75) is 24.4 Å². The Morgan fingerprint density at radius 2 is 1.54 bits per heavy atom. The lowest BCUT2D eigenvalue weighted by Gasteiger charge is -2.38. The second kappa shape index (κ2) is 10.1. The van der Waals surface area contributed by atoms with Crippen molar-refractivity contribution in [1.82, 2.24) is 9.80 Å². The summed E-state index contributed by atoms with van der Waals surface area (Å²) < 4.78 is 40.7. The molecule has 35 heavy (non-hydrogen) atoms. The van der Waals surface area contributed by atoms with E-state index in [4.69, 9.17) is 0 Å². The Kier molecular flexibility index (Phi) is 7.09. The van der Waals surface area contributed by atoms with Gasteiger partial charge in [0.15, 0.2) is 0 Å². The molecule has 3 aromatic rings. The Morgan fingerprint density at radius 3 is 2.09 bits per heavy atom. The van der Waals surface area contributed by atoms with Crippen molar-refractivity contribution in [2.24, 2.45) is 0 Å². The molecular weight excluding hydrogens is 469 g/mol. The lowest BCUT2D eigenvalue weighted by molar-refractivity contribution is 0.0711. The zero-order chi connectivity index (χ0) is 25.2. The molecule has 0 radical (unpaired) electrons. The van der Waals surface area contributed by atoms with Crippen molar-refractivity contribution in [3.8, 4) is 11.1 Å². The number of rotatable bonds is 6. The highest BCUT2D eigenvalue weighted by atomic mass is 32.2. The molecule has 0 spiro atoms. The van der Waals surface area contributed by atoms with E-state index in [0.29, 0.717) is 31.9 Å². The van der Waals surface area contributed by atoms with Gasteiger partial charge >= 0.3 is 6.09 Å². The van der Waals surface area contributed by atoms with Crippen molar-refractivity contribution in [2.75, 3.05) is 31.0 Å². The molecule has 1 atom stereocenters. The van der Waals surface area contributed by atoms with E-state index < -0.39 is 16.1 Å². The molecule has 0 bridgehead atoms. The molecule has 0 aromatic heterocycles. The standard InChI is InChI=1S/C26H28FN3O4S/c1-19-17-29(15-16-30(19)26(31)32)18-20-3-11-24(12-4-20)28(2)35(33,34)25-13-7-22(8-14-25)21-5-9-23(27)10-6-21/h3-14,19H,15-18H2,1-2H3,(H,31,32)/t19-/m0/s1. The molecule has 1 aliphatic rings. The molecule has 1 amide bonds. The molecule has 1 heterocycles. The molecule has 7 nitrogen and oxygen atoms in total. The molecule has 0 saturated carbocycles. The zero-order valence-corrected chi connectivity index (χ0v) is 20.5. The second-order valence-corrected chi connectivity index (χ2v) is 10.7. The molecule has 9 heteroatoms. The first-order chi connectivity index (χ1) is 16.6. The number of anilines is 1. The van der Waals surface area contributed by atoms with Gasteiger partial charge in [-0.25, -0.2) is 17.6 Å². The average molecular weight is 498 g/mol. The highest BCUT2D eigenvalue weighted by Crippen LogP contribution is 2.26. The average Bonchev–Trinajstić information content (AvgIpc) is 2.84. The lowest BCUT2D eigenvalue weighted by atomic mass is 10.1. The van der Waals surface area contributed by atoms with E-state index >= 15 is 0 Å². The number of halogens is 1. The number of sulfonamides is 1. The van der Waals surface area contributed by atoms with E-state index in [1.165, 1.54) is 28.4 Å². The number of hydrogen-bond donors (Lipinski definition) is 1. The molecule has 0 aliphatic carbocycles. The maximum atomic E-state index is 13.2. The van der Waals surface area contributed by atoms with E-state index in [2.05, 4.69) is 4.90 Å². The molecule has 1 aliphatic heterocycles. The predicted molar refractivity (Wildman–Crippen MR) is 133 cm³/mol. The smallest absolute Gasteiger partial charge is 0.407 e. The first-order valence-corrected chi connectivity index (χ1v) is 12.7. The number of carboxylic acid groups (broad SMARTS) is 1. The van der Waals surface area contributed by atoms with Gasteiger partial charge in [-0.3, -0.25) is 9.21 Å². The fourth-order valence-electron chi connectivity index (χ4n) is 4.29. The van der Waals surface area contributed by atoms with Crippen molar-refractivity contribution in [3.63, 3.8) is 0 Å². The van der Waals surface area contributed by atoms with Gasteiger partial charge in [0.1, 0.15) is 5.82 Å². The van der Waals surface area contributed by atoms with Crippen LogP contribution in [0, 0.1) is 5.82 Å². The topological polar surface area (TPSA) is 81.2 Å². The maximum Gasteiger partial charge on any atom is 0.407 e. The van der Waals surface area contributed by atoms with Crippen LogP contribution in [0.3, 0.4) is 0 Å². The van der Waals surface area contributed by atoms with Crippen molar-refractivity contribution < 1.29 is 22.7 Å². The van der Waals surface area contributed by atoms with Crippen LogP contribution in [0.5, 0.6) is 0 Å². The molecule has 1 N–H and O–H groups in total. The van der Waals surface area contributed by atoms with Crippen LogP contribution in [0.4, 0.5) is 14.9 Å². The molecule has 0 unspecified atom stereocenters. The normalized spacial score (nSPS) is 16.8. The summed E-state index contributed by atoms with van der Waals surface area (Å²) in [6, 6.07) is 19.8. The van der Waals surface area contributed by atoms with Crippen LogP contribution in [0.15, 0.2) is 77.7 Å². The zero-order valence-electron chi connectivity index (χ0n) is 19.6. The number of hydrogen-bond acceptors (Lipinski definition) is 4. The van der Waals surface area contributed by atoms with Crippen LogP contribution in [0.2, 0.25) is 0 Å². The number of carbonyl (C=O) groups is 1. The van der Waals surface area contributed by atoms with Crippen LogP contribution in [-0.4, -0.2) is 62.1 Å². The minimum Gasteiger partial charge on any atom is -0.465 e. The van der Waals surface area contributed by atoms with E-state index in [1.54, 1.807) is 48.5 Å². The van der Waals surface area contributed by atoms with Gasteiger partial charge in [0.05, 0.1) is 10.6 Å². The highest BCUT2D eigenvalue weighted by Gasteiger charge is 2.27. The van der Waals surface area contributed by atoms with Crippen LogP contribution in [-0.2, 0) is 16.6 Å². The number of amides is 1. The molecular formula is C26H28FN3O4S. The van der Waals surface area contributed by atoms with Gasteiger partial charge < -0.3 is 10.0 Å². The van der Waals surface area contributed by atoms with Gasteiger partial charge in [0.25, 0.3) is 10.0 Å². The summed E-state index contributed by atoms with van der Waals surface area (Å²) in [6.45, 7) is 4.33. The number of nitrogens with zero attached hydrogens (tertiary/aromatic N) is 3. The van der Waals surface area contributed by atoms with Crippen LogP contribution >= 0.6 is 0 Å². The summed E-state index contributed by atoms with van der Waals surface area (Å²) in [5.41, 5.74) is 3.17. The highest BCUT2D eigenvalue weighted by molar-refractivity contribution is 7.92. The third-order valence-corrected chi connectivity index (χ3v) is 8.15. The Bertz CT molecular complexity index is 1280. The summed E-state index contributed by atoms with van der Waals surface area (Å²) in [5.74, 6) is -0.323. The monoisotopic (exact) mass is 497 g/mol. The van der Waals surface area contributed by atoms with Crippen molar-refractivity contribution >= 4 is 21.8 Å². The number of benzene rings is 3. The Labute approximate surface area is 205 Å². The summed E-state index contributed by atoms with van der Waals surface area (Å²) in [4.78, 5) is 15.1. The van der Waals surface area contributed by atoms with E-state index in [9.17, 15) is 22.7 Å². The molecule has 3 aromatic carbocycles. The van der Waals surface area contributed by atoms with Gasteiger partial charge in [-0.1, -0.05) is 36.4 Å². The van der Waals surface area contributed by atoms with Crippen LogP contribution in [0.1, 0.15) is 12.5 Å². The number of piperazine rings is 1. The predicted octanol–water partition coefficient (Wildman–Crippen LogP) is 4.50. The minimum atomic E-state index is -3.76. The van der Waals surface area contributed by atoms with Crippen LogP contribution in [0.25, 0.3) is 11.1 Å². The minimum absolute atomic E-state index is 0.0776. The van der Waals surface area contributed by atoms with Gasteiger partial charge in [0.2, 0.25) is 0 Å². The first-order valence-electron chi connectivity index (χ1n) is 11.3. The maximum absolute atomic E-state index is 13.2. The van der Waals surface area contributed by atoms with E-state index in [1.807, 2.05) is 19.1 Å². The fourth-order valence-corrected chi connectivity index (χ4v) is 5.48. The lowest BCUT2D eigenvalue weighted by Crippen LogP contribution is -2.53. The van der Waals surface area contributed by atoms with Gasteiger partial charge in [-0.2, -0.15) is 0 Å². The quantitative estimate of drug-likeness (QED) is 0.542. The van der Waals surface area contributed by atoms with Gasteiger partial charge in [0, 0.05) is 39.3 Å². The Balaban J connectivity index is 1.42. The van der Waals surface area contributed by atoms with Gasteiger partial charge in [-0.05, 0) is 60.0 Å². The van der Waals surface area contributed by atoms with Crippen molar-refractivity contribution in [1.29, 1.82) is 0 Å². The largest absolute Gasteiger partial charge is 0.465 e. The third kappa shape index (κ3) is 5.47. The van der Waals surface area contributed by atoms with Crippen molar-refractivity contribution in [3.05, 3.63) is 84.2 Å². The second-order valence-electron chi connectivity index (χ2n) is 8.73. The Morgan fingerprint density at radius 1 is 0.971 bits per heavy atom. The fraction of sp³-hybridized carbons (Fsp3) is 0.269. The molecule has 4 rings (SSSR count). The SMILES string of the molecule is C[C@H]1CN(Cc2ccc(N(C)S(=O)(=O)c3ccc(-c4ccc(F)cc4)cc3)cc2)CCN1C(=O)O. The summed E-state index contributed by atoms with van der Waals surface area (Å²) in [6.07, 6.45) is -0.893. The first kappa shape index (κ1) is 24.7. The van der Waals surface area contributed by atoms with E-state index in [-0.39, 0.29) is 16.8 Å². The molecule has 1 saturated heterocycles. The molecule has 184 valence electrons. The van der Waals surface area contributed by atoms with Gasteiger partial charge in [-0.15, -0.1) is 0 Å². The third-order valence-electron chi connectivity index (χ3n) is 6.35. The summed E-state index contributed by atoms with van der Waals surface area (Å²) >= 11 is 0. The molecule has 1 fully saturated rings. The Hall–Kier alpha value is -3.43. The summed E-state index contributed by atoms with van der Waals surface area (Å²) in [7, 11) is -2.24. The summed E-state index contributed by atoms with van der Waals surface area (Å²) in [5, 5.41) is 9.23.